The van der Waals surface area contributed by atoms with E-state index >= 15 is 0 Å². The monoisotopic (exact) mass is 342 g/mol. The highest BCUT2D eigenvalue weighted by Crippen LogP contribution is 2.20. The minimum Gasteiger partial charge on any atom is -0.378 e. The molecular formula is C15H26N4O3S. The highest BCUT2D eigenvalue weighted by Gasteiger charge is 2.35. The van der Waals surface area contributed by atoms with Gasteiger partial charge in [0.2, 0.25) is 0 Å². The van der Waals surface area contributed by atoms with Crippen LogP contribution in [0.4, 0.5) is 0 Å². The Labute approximate surface area is 138 Å². The SMILES string of the molecule is CCN(CC)S(=O)(=O)N1CCOC[C@H]1CCc1nccnc1C. The summed E-state index contributed by atoms with van der Waals surface area (Å²) in [7, 11) is -3.44. The molecule has 1 aromatic heterocycles. The summed E-state index contributed by atoms with van der Waals surface area (Å²) in [6.45, 7) is 7.88. The Morgan fingerprint density at radius 1 is 1.30 bits per heavy atom. The van der Waals surface area contributed by atoms with Gasteiger partial charge in [0.1, 0.15) is 0 Å². The van der Waals surface area contributed by atoms with Gasteiger partial charge in [-0.3, -0.25) is 9.97 Å². The molecule has 23 heavy (non-hydrogen) atoms. The molecule has 8 heteroatoms. The number of nitrogens with zero attached hydrogens (tertiary/aromatic N) is 4. The molecule has 0 unspecified atom stereocenters. The summed E-state index contributed by atoms with van der Waals surface area (Å²) in [5.41, 5.74) is 1.81. The Kier molecular flexibility index (Phi) is 6.46. The molecule has 1 fully saturated rings. The van der Waals surface area contributed by atoms with Gasteiger partial charge < -0.3 is 4.74 Å². The standard InChI is InChI=1S/C15H26N4O3S/c1-4-18(5-2)23(20,21)19-10-11-22-12-14(19)6-7-15-13(3)16-8-9-17-15/h8-9,14H,4-7,10-12H2,1-3H3/t14-/m1/s1. The lowest BCUT2D eigenvalue weighted by Crippen LogP contribution is -2.54. The Morgan fingerprint density at radius 2 is 2.00 bits per heavy atom. The summed E-state index contributed by atoms with van der Waals surface area (Å²) < 4.78 is 34.2. The Morgan fingerprint density at radius 3 is 2.65 bits per heavy atom. The van der Waals surface area contributed by atoms with Crippen LogP contribution in [0.2, 0.25) is 0 Å². The van der Waals surface area contributed by atoms with Crippen molar-refractivity contribution in [1.82, 2.24) is 18.6 Å². The van der Waals surface area contributed by atoms with Crippen LogP contribution >= 0.6 is 0 Å². The van der Waals surface area contributed by atoms with Gasteiger partial charge in [-0.15, -0.1) is 0 Å². The average Bonchev–Trinajstić information content (AvgIpc) is 2.55. The molecule has 2 rings (SSSR count). The Hall–Kier alpha value is -1.09. The van der Waals surface area contributed by atoms with Crippen LogP contribution in [0.15, 0.2) is 12.4 Å². The summed E-state index contributed by atoms with van der Waals surface area (Å²) in [6, 6.07) is -0.157. The van der Waals surface area contributed by atoms with Crippen LogP contribution in [0.5, 0.6) is 0 Å². The molecule has 130 valence electrons. The molecular weight excluding hydrogens is 316 g/mol. The Balaban J connectivity index is 2.11. The number of aryl methyl sites for hydroxylation is 2. The van der Waals surface area contributed by atoms with Crippen LogP contribution in [-0.2, 0) is 21.4 Å². The summed E-state index contributed by atoms with van der Waals surface area (Å²) in [6.07, 6.45) is 4.71. The first-order chi connectivity index (χ1) is 11.0. The van der Waals surface area contributed by atoms with Crippen LogP contribution in [0.3, 0.4) is 0 Å². The smallest absolute Gasteiger partial charge is 0.282 e. The van der Waals surface area contributed by atoms with E-state index in [-0.39, 0.29) is 6.04 Å². The number of hydrogen-bond donors (Lipinski definition) is 0. The van der Waals surface area contributed by atoms with Crippen LogP contribution in [-0.4, -0.2) is 65.9 Å². The molecule has 1 aliphatic rings. The van der Waals surface area contributed by atoms with Gasteiger partial charge >= 0.3 is 0 Å². The van der Waals surface area contributed by atoms with Crippen LogP contribution < -0.4 is 0 Å². The summed E-state index contributed by atoms with van der Waals surface area (Å²) >= 11 is 0. The van der Waals surface area contributed by atoms with Gasteiger partial charge in [0.15, 0.2) is 0 Å². The predicted octanol–water partition coefficient (Wildman–Crippen LogP) is 1.01. The van der Waals surface area contributed by atoms with E-state index in [0.29, 0.717) is 45.7 Å². The molecule has 0 saturated carbocycles. The molecule has 0 bridgehead atoms. The Bertz CT molecular complexity index is 604. The number of hydrogen-bond acceptors (Lipinski definition) is 5. The van der Waals surface area contributed by atoms with Crippen molar-refractivity contribution in [2.45, 2.75) is 39.7 Å². The van der Waals surface area contributed by atoms with E-state index < -0.39 is 10.2 Å². The zero-order valence-electron chi connectivity index (χ0n) is 14.1. The van der Waals surface area contributed by atoms with E-state index in [9.17, 15) is 8.42 Å². The van der Waals surface area contributed by atoms with Crippen molar-refractivity contribution in [3.05, 3.63) is 23.8 Å². The molecule has 0 aliphatic carbocycles. The molecule has 0 amide bonds. The van der Waals surface area contributed by atoms with Crippen LogP contribution in [0, 0.1) is 6.92 Å². The van der Waals surface area contributed by atoms with E-state index in [1.54, 1.807) is 16.7 Å². The summed E-state index contributed by atoms with van der Waals surface area (Å²) in [4.78, 5) is 8.57. The number of aromatic nitrogens is 2. The third kappa shape index (κ3) is 4.26. The molecule has 1 aliphatic heterocycles. The fourth-order valence-electron chi connectivity index (χ4n) is 2.85. The molecule has 0 spiro atoms. The lowest BCUT2D eigenvalue weighted by atomic mass is 10.1. The first kappa shape index (κ1) is 18.3. The zero-order valence-corrected chi connectivity index (χ0v) is 14.9. The number of rotatable bonds is 7. The van der Waals surface area contributed by atoms with Crippen LogP contribution in [0.1, 0.15) is 31.7 Å². The lowest BCUT2D eigenvalue weighted by Gasteiger charge is -2.37. The predicted molar refractivity (Wildman–Crippen MR) is 88.2 cm³/mol. The van der Waals surface area contributed by atoms with Gasteiger partial charge in [-0.2, -0.15) is 17.0 Å². The molecule has 1 saturated heterocycles. The van der Waals surface area contributed by atoms with Gasteiger partial charge in [0.05, 0.1) is 24.6 Å². The molecule has 0 radical (unpaired) electrons. The first-order valence-corrected chi connectivity index (χ1v) is 9.51. The quantitative estimate of drug-likeness (QED) is 0.739. The normalized spacial score (nSPS) is 20.1. The maximum Gasteiger partial charge on any atom is 0.282 e. The second kappa shape index (κ2) is 8.14. The van der Waals surface area contributed by atoms with E-state index in [1.165, 1.54) is 4.31 Å². The van der Waals surface area contributed by atoms with Crippen molar-refractivity contribution in [3.63, 3.8) is 0 Å². The highest BCUT2D eigenvalue weighted by molar-refractivity contribution is 7.86. The summed E-state index contributed by atoms with van der Waals surface area (Å²) in [5, 5.41) is 0. The first-order valence-electron chi connectivity index (χ1n) is 8.11. The number of morpholine rings is 1. The van der Waals surface area contributed by atoms with E-state index in [0.717, 1.165) is 11.4 Å². The fourth-order valence-corrected chi connectivity index (χ4v) is 4.65. The largest absolute Gasteiger partial charge is 0.378 e. The fraction of sp³-hybridized carbons (Fsp3) is 0.733. The highest BCUT2D eigenvalue weighted by atomic mass is 32.2. The van der Waals surface area contributed by atoms with E-state index in [1.807, 2.05) is 20.8 Å². The average molecular weight is 342 g/mol. The van der Waals surface area contributed by atoms with Gasteiger partial charge in [-0.05, 0) is 19.8 Å². The zero-order chi connectivity index (χ0) is 16.9. The molecule has 1 aromatic rings. The van der Waals surface area contributed by atoms with Crippen molar-refractivity contribution in [1.29, 1.82) is 0 Å². The van der Waals surface area contributed by atoms with Gasteiger partial charge in [0.25, 0.3) is 10.2 Å². The molecule has 0 N–H and O–H groups in total. The lowest BCUT2D eigenvalue weighted by molar-refractivity contribution is 0.0270. The maximum atomic E-state index is 12.8. The second-order valence-corrected chi connectivity index (χ2v) is 7.44. The van der Waals surface area contributed by atoms with Crippen molar-refractivity contribution in [2.75, 3.05) is 32.8 Å². The van der Waals surface area contributed by atoms with Gasteiger partial charge in [-0.1, -0.05) is 13.8 Å². The third-order valence-corrected chi connectivity index (χ3v) is 6.44. The molecule has 1 atom stereocenters. The molecule has 0 aromatic carbocycles. The number of ether oxygens (including phenoxy) is 1. The third-order valence-electron chi connectivity index (χ3n) is 4.20. The minimum atomic E-state index is -3.44. The van der Waals surface area contributed by atoms with E-state index in [4.69, 9.17) is 4.74 Å². The second-order valence-electron chi connectivity index (χ2n) is 5.56. The van der Waals surface area contributed by atoms with Gasteiger partial charge in [-0.25, -0.2) is 0 Å². The van der Waals surface area contributed by atoms with Crippen molar-refractivity contribution < 1.29 is 13.2 Å². The van der Waals surface area contributed by atoms with E-state index in [2.05, 4.69) is 9.97 Å². The van der Waals surface area contributed by atoms with Crippen LogP contribution in [0.25, 0.3) is 0 Å². The van der Waals surface area contributed by atoms with Crippen molar-refractivity contribution in [2.24, 2.45) is 0 Å². The minimum absolute atomic E-state index is 0.157. The molecule has 7 nitrogen and oxygen atoms in total. The maximum absolute atomic E-state index is 12.8. The molecule has 2 heterocycles. The topological polar surface area (TPSA) is 75.6 Å². The summed E-state index contributed by atoms with van der Waals surface area (Å²) in [5.74, 6) is 0. The van der Waals surface area contributed by atoms with Crippen molar-refractivity contribution in [3.8, 4) is 0 Å². The van der Waals surface area contributed by atoms with Crippen molar-refractivity contribution >= 4 is 10.2 Å². The van der Waals surface area contributed by atoms with Gasteiger partial charge in [0, 0.05) is 38.1 Å².